The van der Waals surface area contributed by atoms with Gasteiger partial charge in [-0.1, -0.05) is 12.1 Å². The second-order valence-electron chi connectivity index (χ2n) is 6.16. The van der Waals surface area contributed by atoms with Gasteiger partial charge in [0.15, 0.2) is 5.11 Å². The normalized spacial score (nSPS) is 17.1. The number of hydrogen-bond donors (Lipinski definition) is 1. The molecule has 1 aliphatic heterocycles. The van der Waals surface area contributed by atoms with Crippen molar-refractivity contribution in [1.82, 2.24) is 9.80 Å². The third-order valence-electron chi connectivity index (χ3n) is 4.56. The van der Waals surface area contributed by atoms with E-state index in [-0.39, 0.29) is 11.8 Å². The second-order valence-corrected chi connectivity index (χ2v) is 6.54. The number of hydrogen-bond acceptors (Lipinski definition) is 3. The minimum Gasteiger partial charge on any atom is -0.492 e. The molecule has 1 saturated heterocycles. The molecule has 1 heterocycles. The van der Waals surface area contributed by atoms with Crippen molar-refractivity contribution < 1.29 is 9.53 Å². The van der Waals surface area contributed by atoms with Crippen LogP contribution in [-0.2, 0) is 4.79 Å². The van der Waals surface area contributed by atoms with Crippen molar-refractivity contribution in [2.24, 2.45) is 5.92 Å². The lowest BCUT2D eigenvalue weighted by Gasteiger charge is -2.36. The highest BCUT2D eigenvalue weighted by molar-refractivity contribution is 7.80. The van der Waals surface area contributed by atoms with E-state index in [1.165, 1.54) is 0 Å². The lowest BCUT2D eigenvalue weighted by Crippen LogP contribution is -2.47. The Kier molecular flexibility index (Phi) is 7.50. The molecule has 2 rings (SSSR count). The zero-order valence-electron chi connectivity index (χ0n) is 15.5. The summed E-state index contributed by atoms with van der Waals surface area (Å²) in [6.45, 7) is 9.70. The van der Waals surface area contributed by atoms with Crippen LogP contribution < -0.4 is 10.1 Å². The molecule has 6 heteroatoms. The molecule has 1 fully saturated rings. The number of nitrogens with zero attached hydrogens (tertiary/aromatic N) is 2. The van der Waals surface area contributed by atoms with Gasteiger partial charge in [0.2, 0.25) is 5.91 Å². The maximum Gasteiger partial charge on any atom is 0.227 e. The molecule has 1 aromatic carbocycles. The number of carbonyl (C=O) groups excluding carboxylic acids is 1. The highest BCUT2D eigenvalue weighted by Gasteiger charge is 2.29. The number of ether oxygens (including phenoxy) is 1. The Balaban J connectivity index is 2.01. The highest BCUT2D eigenvalue weighted by atomic mass is 32.1. The molecular weight excluding hydrogens is 334 g/mol. The summed E-state index contributed by atoms with van der Waals surface area (Å²) in [6, 6.07) is 7.78. The number of nitrogens with one attached hydrogen (secondary N) is 1. The second kappa shape index (κ2) is 9.61. The van der Waals surface area contributed by atoms with Crippen molar-refractivity contribution in [3.05, 3.63) is 24.3 Å². The number of carbonyl (C=O) groups is 1. The Morgan fingerprint density at radius 3 is 2.72 bits per heavy atom. The lowest BCUT2D eigenvalue weighted by atomic mass is 9.96. The number of likely N-dealkylation sites (tertiary alicyclic amines) is 1. The van der Waals surface area contributed by atoms with Crippen LogP contribution in [0.15, 0.2) is 24.3 Å². The molecule has 0 spiro atoms. The highest BCUT2D eigenvalue weighted by Crippen LogP contribution is 2.25. The number of benzene rings is 1. The van der Waals surface area contributed by atoms with E-state index in [0.717, 1.165) is 43.9 Å². The Labute approximate surface area is 156 Å². The molecular formula is C19H29N3O2S. The number of thiocarbonyl (C=S) groups is 1. The average Bonchev–Trinajstić information content (AvgIpc) is 2.64. The predicted molar refractivity (Wildman–Crippen MR) is 106 cm³/mol. The number of piperidine rings is 1. The zero-order valence-corrected chi connectivity index (χ0v) is 16.3. The monoisotopic (exact) mass is 363 g/mol. The first-order valence-electron chi connectivity index (χ1n) is 9.17. The minimum atomic E-state index is 0.0236. The summed E-state index contributed by atoms with van der Waals surface area (Å²) in [5, 5.41) is 3.95. The molecule has 138 valence electrons. The number of para-hydroxylation sites is 2. The molecule has 1 aromatic rings. The first-order chi connectivity index (χ1) is 12.1. The first-order valence-corrected chi connectivity index (χ1v) is 9.58. The van der Waals surface area contributed by atoms with Crippen molar-refractivity contribution in [1.29, 1.82) is 0 Å². The fourth-order valence-corrected chi connectivity index (χ4v) is 3.48. The summed E-state index contributed by atoms with van der Waals surface area (Å²) in [5.74, 6) is 1.06. The third-order valence-corrected chi connectivity index (χ3v) is 4.92. The number of anilines is 1. The third kappa shape index (κ3) is 5.08. The van der Waals surface area contributed by atoms with E-state index in [1.807, 2.05) is 49.9 Å². The van der Waals surface area contributed by atoms with E-state index in [4.69, 9.17) is 17.0 Å². The van der Waals surface area contributed by atoms with Crippen LogP contribution in [0, 0.1) is 5.92 Å². The fourth-order valence-electron chi connectivity index (χ4n) is 3.20. The predicted octanol–water partition coefficient (Wildman–Crippen LogP) is 3.36. The van der Waals surface area contributed by atoms with Crippen LogP contribution in [0.3, 0.4) is 0 Å². The molecule has 25 heavy (non-hydrogen) atoms. The standard InChI is InChI=1S/C19H29N3O2S/c1-4-21(5-2)18(23)15-10-9-13-22(14-15)19(25)20-16-11-7-8-12-17(16)24-6-3/h7-8,11-12,15H,4-6,9-10,13-14H2,1-3H3,(H,20,25). The van der Waals surface area contributed by atoms with Crippen LogP contribution in [0.5, 0.6) is 5.75 Å². The van der Waals surface area contributed by atoms with Gasteiger partial charge < -0.3 is 19.9 Å². The summed E-state index contributed by atoms with van der Waals surface area (Å²) >= 11 is 5.60. The molecule has 0 aromatic heterocycles. The Hall–Kier alpha value is -1.82. The van der Waals surface area contributed by atoms with Crippen LogP contribution in [0.2, 0.25) is 0 Å². The lowest BCUT2D eigenvalue weighted by molar-refractivity contribution is -0.136. The molecule has 5 nitrogen and oxygen atoms in total. The van der Waals surface area contributed by atoms with Gasteiger partial charge in [-0.15, -0.1) is 0 Å². The zero-order chi connectivity index (χ0) is 18.2. The first kappa shape index (κ1) is 19.5. The van der Waals surface area contributed by atoms with Crippen molar-refractivity contribution in [3.8, 4) is 5.75 Å². The summed E-state index contributed by atoms with van der Waals surface area (Å²) in [5.41, 5.74) is 0.867. The molecule has 0 bridgehead atoms. The molecule has 1 unspecified atom stereocenters. The van der Waals surface area contributed by atoms with Gasteiger partial charge in [0, 0.05) is 26.2 Å². The van der Waals surface area contributed by atoms with Crippen molar-refractivity contribution in [2.75, 3.05) is 38.1 Å². The van der Waals surface area contributed by atoms with Crippen LogP contribution in [-0.4, -0.2) is 53.6 Å². The smallest absolute Gasteiger partial charge is 0.227 e. The van der Waals surface area contributed by atoms with Crippen LogP contribution in [0.1, 0.15) is 33.6 Å². The topological polar surface area (TPSA) is 44.8 Å². The van der Waals surface area contributed by atoms with Crippen LogP contribution >= 0.6 is 12.2 Å². The van der Waals surface area contributed by atoms with Gasteiger partial charge in [-0.3, -0.25) is 4.79 Å². The van der Waals surface area contributed by atoms with E-state index in [1.54, 1.807) is 0 Å². The maximum atomic E-state index is 12.6. The minimum absolute atomic E-state index is 0.0236. The Morgan fingerprint density at radius 2 is 2.04 bits per heavy atom. The van der Waals surface area contributed by atoms with Gasteiger partial charge in [-0.25, -0.2) is 0 Å². The van der Waals surface area contributed by atoms with E-state index in [0.29, 0.717) is 18.3 Å². The maximum absolute atomic E-state index is 12.6. The van der Waals surface area contributed by atoms with Crippen molar-refractivity contribution in [3.63, 3.8) is 0 Å². The van der Waals surface area contributed by atoms with Gasteiger partial charge in [-0.2, -0.15) is 0 Å². The Bertz CT molecular complexity index is 590. The molecule has 1 aliphatic rings. The van der Waals surface area contributed by atoms with Gasteiger partial charge >= 0.3 is 0 Å². The van der Waals surface area contributed by atoms with Crippen LogP contribution in [0.25, 0.3) is 0 Å². The molecule has 1 atom stereocenters. The molecule has 0 aliphatic carbocycles. The SMILES string of the molecule is CCOc1ccccc1NC(=S)N1CCCC(C(=O)N(CC)CC)C1. The average molecular weight is 364 g/mol. The van der Waals surface area contributed by atoms with E-state index >= 15 is 0 Å². The largest absolute Gasteiger partial charge is 0.492 e. The summed E-state index contributed by atoms with van der Waals surface area (Å²) in [4.78, 5) is 16.7. The van der Waals surface area contributed by atoms with Gasteiger partial charge in [0.1, 0.15) is 5.75 Å². The molecule has 1 amide bonds. The summed E-state index contributed by atoms with van der Waals surface area (Å²) < 4.78 is 5.64. The Morgan fingerprint density at radius 1 is 1.32 bits per heavy atom. The van der Waals surface area contributed by atoms with Crippen molar-refractivity contribution in [2.45, 2.75) is 33.6 Å². The van der Waals surface area contributed by atoms with E-state index < -0.39 is 0 Å². The summed E-state index contributed by atoms with van der Waals surface area (Å²) in [6.07, 6.45) is 1.91. The summed E-state index contributed by atoms with van der Waals surface area (Å²) in [7, 11) is 0. The van der Waals surface area contributed by atoms with Crippen molar-refractivity contribution >= 4 is 28.9 Å². The molecule has 0 saturated carbocycles. The van der Waals surface area contributed by atoms with E-state index in [9.17, 15) is 4.79 Å². The van der Waals surface area contributed by atoms with Gasteiger partial charge in [0.25, 0.3) is 0 Å². The quantitative estimate of drug-likeness (QED) is 0.785. The van der Waals surface area contributed by atoms with Gasteiger partial charge in [0.05, 0.1) is 18.2 Å². The van der Waals surface area contributed by atoms with Gasteiger partial charge in [-0.05, 0) is 58.0 Å². The molecule has 1 N–H and O–H groups in total. The fraction of sp³-hybridized carbons (Fsp3) is 0.579. The van der Waals surface area contributed by atoms with E-state index in [2.05, 4.69) is 10.2 Å². The number of rotatable bonds is 6. The van der Waals surface area contributed by atoms with Crippen LogP contribution in [0.4, 0.5) is 5.69 Å². The number of amides is 1. The molecule has 0 radical (unpaired) electrons.